The zero-order chi connectivity index (χ0) is 13.0. The van der Waals surface area contributed by atoms with E-state index in [0.717, 1.165) is 19.6 Å². The number of benzene rings is 1. The number of H-pyrrole nitrogens is 1. The number of fused-ring (bicyclic) bond motifs is 1. The standard InChI is InChI=1S/C15H23N3/c1-12(2)16-8-9-18(3)11-13-4-5-15-14(10-13)6-7-17-15/h4-7,10,12,16-17H,8-9,11H2,1-3H3. The smallest absolute Gasteiger partial charge is 0.0454 e. The summed E-state index contributed by atoms with van der Waals surface area (Å²) in [5.74, 6) is 0. The molecule has 0 spiro atoms. The van der Waals surface area contributed by atoms with Crippen LogP contribution in [0.5, 0.6) is 0 Å². The number of nitrogens with one attached hydrogen (secondary N) is 2. The van der Waals surface area contributed by atoms with E-state index in [1.165, 1.54) is 16.5 Å². The summed E-state index contributed by atoms with van der Waals surface area (Å²) < 4.78 is 0. The Labute approximate surface area is 109 Å². The van der Waals surface area contributed by atoms with Crippen LogP contribution >= 0.6 is 0 Å². The molecular formula is C15H23N3. The molecule has 1 heterocycles. The van der Waals surface area contributed by atoms with Crippen LogP contribution in [0.1, 0.15) is 19.4 Å². The van der Waals surface area contributed by atoms with Gasteiger partial charge in [-0.25, -0.2) is 0 Å². The molecule has 0 amide bonds. The first kappa shape index (κ1) is 13.1. The molecule has 0 atom stereocenters. The molecule has 2 N–H and O–H groups in total. The molecule has 0 saturated carbocycles. The van der Waals surface area contributed by atoms with Gasteiger partial charge in [-0.15, -0.1) is 0 Å². The predicted octanol–water partition coefficient (Wildman–Crippen LogP) is 2.60. The zero-order valence-corrected chi connectivity index (χ0v) is 11.5. The van der Waals surface area contributed by atoms with Crippen molar-refractivity contribution in [2.75, 3.05) is 20.1 Å². The second-order valence-corrected chi connectivity index (χ2v) is 5.25. The van der Waals surface area contributed by atoms with E-state index in [1.54, 1.807) is 0 Å². The Bertz CT molecular complexity index is 487. The predicted molar refractivity (Wildman–Crippen MR) is 77.8 cm³/mol. The van der Waals surface area contributed by atoms with Crippen molar-refractivity contribution in [1.29, 1.82) is 0 Å². The Balaban J connectivity index is 1.87. The molecule has 0 bridgehead atoms. The fourth-order valence-electron chi connectivity index (χ4n) is 2.14. The van der Waals surface area contributed by atoms with Crippen LogP contribution in [0.15, 0.2) is 30.5 Å². The van der Waals surface area contributed by atoms with Crippen molar-refractivity contribution in [3.8, 4) is 0 Å². The largest absolute Gasteiger partial charge is 0.361 e. The molecule has 0 unspecified atom stereocenters. The van der Waals surface area contributed by atoms with Crippen LogP contribution in [-0.2, 0) is 6.54 Å². The van der Waals surface area contributed by atoms with Gasteiger partial charge in [0.2, 0.25) is 0 Å². The van der Waals surface area contributed by atoms with Gasteiger partial charge in [-0.1, -0.05) is 19.9 Å². The topological polar surface area (TPSA) is 31.1 Å². The molecule has 0 aliphatic carbocycles. The zero-order valence-electron chi connectivity index (χ0n) is 11.5. The second-order valence-electron chi connectivity index (χ2n) is 5.25. The van der Waals surface area contributed by atoms with Crippen LogP contribution < -0.4 is 5.32 Å². The Morgan fingerprint density at radius 2 is 2.11 bits per heavy atom. The number of nitrogens with zero attached hydrogens (tertiary/aromatic N) is 1. The van der Waals surface area contributed by atoms with E-state index < -0.39 is 0 Å². The van der Waals surface area contributed by atoms with Crippen molar-refractivity contribution in [2.45, 2.75) is 26.4 Å². The summed E-state index contributed by atoms with van der Waals surface area (Å²) in [7, 11) is 2.17. The average molecular weight is 245 g/mol. The van der Waals surface area contributed by atoms with Gasteiger partial charge in [0.1, 0.15) is 0 Å². The molecule has 1 aromatic carbocycles. The highest BCUT2D eigenvalue weighted by Gasteiger charge is 2.02. The number of hydrogen-bond acceptors (Lipinski definition) is 2. The summed E-state index contributed by atoms with van der Waals surface area (Å²) in [5, 5.41) is 4.73. The number of hydrogen-bond donors (Lipinski definition) is 2. The van der Waals surface area contributed by atoms with Gasteiger partial charge in [-0.2, -0.15) is 0 Å². The van der Waals surface area contributed by atoms with Crippen LogP contribution in [0.25, 0.3) is 10.9 Å². The van der Waals surface area contributed by atoms with Crippen molar-refractivity contribution >= 4 is 10.9 Å². The SMILES string of the molecule is CC(C)NCCN(C)Cc1ccc2[nH]ccc2c1. The highest BCUT2D eigenvalue weighted by atomic mass is 15.1. The Morgan fingerprint density at radius 1 is 1.28 bits per heavy atom. The molecule has 0 aliphatic heterocycles. The molecule has 98 valence electrons. The van der Waals surface area contributed by atoms with Crippen LogP contribution in [0.4, 0.5) is 0 Å². The Morgan fingerprint density at radius 3 is 2.89 bits per heavy atom. The fourth-order valence-corrected chi connectivity index (χ4v) is 2.14. The highest BCUT2D eigenvalue weighted by Crippen LogP contribution is 2.15. The lowest BCUT2D eigenvalue weighted by atomic mass is 10.1. The maximum absolute atomic E-state index is 3.44. The third kappa shape index (κ3) is 3.59. The summed E-state index contributed by atoms with van der Waals surface area (Å²) in [6, 6.07) is 9.31. The quantitative estimate of drug-likeness (QED) is 0.819. The lowest BCUT2D eigenvalue weighted by Crippen LogP contribution is -2.32. The molecule has 0 fully saturated rings. The number of rotatable bonds is 6. The molecule has 18 heavy (non-hydrogen) atoms. The maximum Gasteiger partial charge on any atom is 0.0454 e. The van der Waals surface area contributed by atoms with E-state index >= 15 is 0 Å². The van der Waals surface area contributed by atoms with Gasteiger partial charge in [-0.3, -0.25) is 0 Å². The van der Waals surface area contributed by atoms with E-state index in [4.69, 9.17) is 0 Å². The third-order valence-corrected chi connectivity index (χ3v) is 3.12. The van der Waals surface area contributed by atoms with Crippen LogP contribution in [0.3, 0.4) is 0 Å². The van der Waals surface area contributed by atoms with Gasteiger partial charge in [-0.05, 0) is 36.2 Å². The van der Waals surface area contributed by atoms with Gasteiger partial charge in [0.15, 0.2) is 0 Å². The minimum absolute atomic E-state index is 0.564. The average Bonchev–Trinajstić information content (AvgIpc) is 2.75. The lowest BCUT2D eigenvalue weighted by Gasteiger charge is -2.18. The van der Waals surface area contributed by atoms with E-state index in [9.17, 15) is 0 Å². The molecule has 2 rings (SSSR count). The lowest BCUT2D eigenvalue weighted by molar-refractivity contribution is 0.320. The molecule has 0 aliphatic rings. The van der Waals surface area contributed by atoms with Gasteiger partial charge in [0.25, 0.3) is 0 Å². The first-order valence-electron chi connectivity index (χ1n) is 6.63. The van der Waals surface area contributed by atoms with Gasteiger partial charge in [0.05, 0.1) is 0 Å². The Kier molecular flexibility index (Phi) is 4.39. The van der Waals surface area contributed by atoms with E-state index in [0.29, 0.717) is 6.04 Å². The molecule has 3 heteroatoms. The van der Waals surface area contributed by atoms with Gasteiger partial charge >= 0.3 is 0 Å². The van der Waals surface area contributed by atoms with Crippen molar-refractivity contribution in [3.05, 3.63) is 36.0 Å². The summed E-state index contributed by atoms with van der Waals surface area (Å²) in [4.78, 5) is 5.57. The second kappa shape index (κ2) is 6.03. The summed E-state index contributed by atoms with van der Waals surface area (Å²) in [5.41, 5.74) is 2.58. The van der Waals surface area contributed by atoms with Gasteiger partial charge in [0, 0.05) is 37.4 Å². The first-order chi connectivity index (χ1) is 8.65. The molecule has 0 radical (unpaired) electrons. The molecule has 3 nitrogen and oxygen atoms in total. The monoisotopic (exact) mass is 245 g/mol. The fraction of sp³-hybridized carbons (Fsp3) is 0.467. The van der Waals surface area contributed by atoms with E-state index in [2.05, 4.69) is 60.4 Å². The van der Waals surface area contributed by atoms with Crippen molar-refractivity contribution in [1.82, 2.24) is 15.2 Å². The molecule has 2 aromatic rings. The number of likely N-dealkylation sites (N-methyl/N-ethyl adjacent to an activating group) is 1. The highest BCUT2D eigenvalue weighted by molar-refractivity contribution is 5.79. The first-order valence-corrected chi connectivity index (χ1v) is 6.63. The molecular weight excluding hydrogens is 222 g/mol. The van der Waals surface area contributed by atoms with E-state index in [-0.39, 0.29) is 0 Å². The molecule has 0 saturated heterocycles. The van der Waals surface area contributed by atoms with Crippen molar-refractivity contribution in [2.24, 2.45) is 0 Å². The molecule has 1 aromatic heterocycles. The third-order valence-electron chi connectivity index (χ3n) is 3.12. The summed E-state index contributed by atoms with van der Waals surface area (Å²) >= 11 is 0. The minimum atomic E-state index is 0.564. The van der Waals surface area contributed by atoms with E-state index in [1.807, 2.05) is 6.20 Å². The number of aromatic nitrogens is 1. The summed E-state index contributed by atoms with van der Waals surface area (Å²) in [6.45, 7) is 7.48. The minimum Gasteiger partial charge on any atom is -0.361 e. The summed E-state index contributed by atoms with van der Waals surface area (Å²) in [6.07, 6.45) is 1.99. The van der Waals surface area contributed by atoms with Crippen LogP contribution in [0, 0.1) is 0 Å². The normalized spacial score (nSPS) is 11.8. The van der Waals surface area contributed by atoms with Crippen LogP contribution in [-0.4, -0.2) is 36.1 Å². The maximum atomic E-state index is 3.44. The number of aromatic amines is 1. The Hall–Kier alpha value is -1.32. The van der Waals surface area contributed by atoms with Gasteiger partial charge < -0.3 is 15.2 Å². The van der Waals surface area contributed by atoms with Crippen molar-refractivity contribution in [3.63, 3.8) is 0 Å². The van der Waals surface area contributed by atoms with Crippen LogP contribution in [0.2, 0.25) is 0 Å². The van der Waals surface area contributed by atoms with Crippen molar-refractivity contribution < 1.29 is 0 Å².